The lowest BCUT2D eigenvalue weighted by atomic mass is 10.1. The Hall–Kier alpha value is -0.730. The second-order valence-electron chi connectivity index (χ2n) is 5.15. The SMILES string of the molecule is C[C@H](O)c1ccc(OCCC2CCCC2)c(Cl)c1. The molecule has 1 saturated carbocycles. The zero-order chi connectivity index (χ0) is 13.0. The maximum absolute atomic E-state index is 9.46. The molecule has 1 aromatic carbocycles. The van der Waals surface area contributed by atoms with Crippen molar-refractivity contribution in [3.63, 3.8) is 0 Å². The molecule has 0 spiro atoms. The van der Waals surface area contributed by atoms with Gasteiger partial charge in [0.25, 0.3) is 0 Å². The van der Waals surface area contributed by atoms with Crippen LogP contribution in [0.2, 0.25) is 5.02 Å². The van der Waals surface area contributed by atoms with E-state index >= 15 is 0 Å². The van der Waals surface area contributed by atoms with Gasteiger partial charge in [0.2, 0.25) is 0 Å². The summed E-state index contributed by atoms with van der Waals surface area (Å²) in [6.45, 7) is 2.46. The molecule has 1 fully saturated rings. The van der Waals surface area contributed by atoms with Gasteiger partial charge in [-0.15, -0.1) is 0 Å². The quantitative estimate of drug-likeness (QED) is 0.860. The number of rotatable bonds is 5. The minimum Gasteiger partial charge on any atom is -0.492 e. The van der Waals surface area contributed by atoms with Crippen LogP contribution in [-0.2, 0) is 0 Å². The maximum Gasteiger partial charge on any atom is 0.137 e. The van der Waals surface area contributed by atoms with Gasteiger partial charge in [-0.3, -0.25) is 0 Å². The van der Waals surface area contributed by atoms with Crippen LogP contribution in [0.5, 0.6) is 5.75 Å². The summed E-state index contributed by atoms with van der Waals surface area (Å²) >= 11 is 6.13. The molecule has 0 unspecified atom stereocenters. The van der Waals surface area contributed by atoms with Crippen molar-refractivity contribution >= 4 is 11.6 Å². The van der Waals surface area contributed by atoms with Gasteiger partial charge in [-0.2, -0.15) is 0 Å². The highest BCUT2D eigenvalue weighted by molar-refractivity contribution is 6.32. The largest absolute Gasteiger partial charge is 0.492 e. The molecule has 1 aliphatic carbocycles. The monoisotopic (exact) mass is 268 g/mol. The van der Waals surface area contributed by atoms with Gasteiger partial charge in [-0.25, -0.2) is 0 Å². The van der Waals surface area contributed by atoms with E-state index in [-0.39, 0.29) is 0 Å². The van der Waals surface area contributed by atoms with Crippen LogP contribution in [0.3, 0.4) is 0 Å². The number of ether oxygens (including phenoxy) is 1. The molecule has 0 aliphatic heterocycles. The number of benzene rings is 1. The van der Waals surface area contributed by atoms with Crippen molar-refractivity contribution in [3.8, 4) is 5.75 Å². The normalized spacial score (nSPS) is 17.9. The molecular weight excluding hydrogens is 248 g/mol. The van der Waals surface area contributed by atoms with Crippen molar-refractivity contribution in [3.05, 3.63) is 28.8 Å². The van der Waals surface area contributed by atoms with Crippen LogP contribution >= 0.6 is 11.6 Å². The Bertz CT molecular complexity index is 384. The van der Waals surface area contributed by atoms with E-state index in [1.807, 2.05) is 12.1 Å². The van der Waals surface area contributed by atoms with E-state index in [4.69, 9.17) is 16.3 Å². The molecule has 2 nitrogen and oxygen atoms in total. The summed E-state index contributed by atoms with van der Waals surface area (Å²) < 4.78 is 5.72. The van der Waals surface area contributed by atoms with Crippen molar-refractivity contribution in [1.82, 2.24) is 0 Å². The first kappa shape index (κ1) is 13.7. The topological polar surface area (TPSA) is 29.5 Å². The standard InChI is InChI=1S/C15H21ClO2/c1-11(17)13-6-7-15(14(16)10-13)18-9-8-12-4-2-3-5-12/h6-7,10-12,17H,2-5,8-9H2,1H3/t11-/m0/s1. The first-order chi connectivity index (χ1) is 8.66. The van der Waals surface area contributed by atoms with Crippen LogP contribution in [0.15, 0.2) is 18.2 Å². The summed E-state index contributed by atoms with van der Waals surface area (Å²) in [4.78, 5) is 0. The highest BCUT2D eigenvalue weighted by atomic mass is 35.5. The highest BCUT2D eigenvalue weighted by Gasteiger charge is 2.15. The Morgan fingerprint density at radius 3 is 2.72 bits per heavy atom. The first-order valence-corrected chi connectivity index (χ1v) is 7.15. The molecule has 0 bridgehead atoms. The molecule has 3 heteroatoms. The van der Waals surface area contributed by atoms with E-state index in [0.29, 0.717) is 5.02 Å². The first-order valence-electron chi connectivity index (χ1n) is 6.77. The Balaban J connectivity index is 1.85. The van der Waals surface area contributed by atoms with E-state index in [0.717, 1.165) is 30.3 Å². The minimum absolute atomic E-state index is 0.491. The van der Waals surface area contributed by atoms with Gasteiger partial charge in [0.1, 0.15) is 5.75 Å². The fourth-order valence-corrected chi connectivity index (χ4v) is 2.77. The number of aliphatic hydroxyl groups excluding tert-OH is 1. The molecule has 2 rings (SSSR count). The van der Waals surface area contributed by atoms with Crippen molar-refractivity contribution in [2.24, 2.45) is 5.92 Å². The van der Waals surface area contributed by atoms with Crippen LogP contribution in [0, 0.1) is 5.92 Å². The van der Waals surface area contributed by atoms with Gasteiger partial charge < -0.3 is 9.84 Å². The maximum atomic E-state index is 9.46. The lowest BCUT2D eigenvalue weighted by molar-refractivity contribution is 0.199. The molecule has 0 amide bonds. The fourth-order valence-electron chi connectivity index (χ4n) is 2.53. The average Bonchev–Trinajstić information content (AvgIpc) is 2.84. The predicted molar refractivity (Wildman–Crippen MR) is 74.2 cm³/mol. The van der Waals surface area contributed by atoms with E-state index in [1.54, 1.807) is 13.0 Å². The van der Waals surface area contributed by atoms with Gasteiger partial charge in [0, 0.05) is 0 Å². The fraction of sp³-hybridized carbons (Fsp3) is 0.600. The van der Waals surface area contributed by atoms with E-state index < -0.39 is 6.10 Å². The van der Waals surface area contributed by atoms with Crippen molar-refractivity contribution in [2.45, 2.75) is 45.1 Å². The average molecular weight is 269 g/mol. The Morgan fingerprint density at radius 2 is 2.11 bits per heavy atom. The van der Waals surface area contributed by atoms with Gasteiger partial charge in [-0.1, -0.05) is 43.4 Å². The molecular formula is C15H21ClO2. The van der Waals surface area contributed by atoms with E-state index in [9.17, 15) is 5.11 Å². The molecule has 1 N–H and O–H groups in total. The second kappa shape index (κ2) is 6.44. The van der Waals surface area contributed by atoms with Gasteiger partial charge >= 0.3 is 0 Å². The van der Waals surface area contributed by atoms with Crippen molar-refractivity contribution in [2.75, 3.05) is 6.61 Å². The lowest BCUT2D eigenvalue weighted by Gasteiger charge is -2.13. The smallest absolute Gasteiger partial charge is 0.137 e. The Labute approximate surface area is 114 Å². The molecule has 1 aliphatic rings. The summed E-state index contributed by atoms with van der Waals surface area (Å²) in [6, 6.07) is 5.48. The van der Waals surface area contributed by atoms with Crippen LogP contribution in [0.4, 0.5) is 0 Å². The third-order valence-electron chi connectivity index (χ3n) is 3.70. The van der Waals surface area contributed by atoms with Crippen LogP contribution < -0.4 is 4.74 Å². The Morgan fingerprint density at radius 1 is 1.39 bits per heavy atom. The van der Waals surface area contributed by atoms with E-state index in [2.05, 4.69) is 0 Å². The second-order valence-corrected chi connectivity index (χ2v) is 5.56. The molecule has 0 saturated heterocycles. The summed E-state index contributed by atoms with van der Waals surface area (Å²) in [6.07, 6.45) is 6.06. The zero-order valence-electron chi connectivity index (χ0n) is 10.9. The number of halogens is 1. The summed E-state index contributed by atoms with van der Waals surface area (Å²) in [5, 5.41) is 10.0. The van der Waals surface area contributed by atoms with Gasteiger partial charge in [-0.05, 0) is 37.0 Å². The van der Waals surface area contributed by atoms with Crippen LogP contribution in [0.1, 0.15) is 50.7 Å². The van der Waals surface area contributed by atoms with E-state index in [1.165, 1.54) is 25.7 Å². The Kier molecular flexibility index (Phi) is 4.90. The molecule has 0 aromatic heterocycles. The summed E-state index contributed by atoms with van der Waals surface area (Å²) in [5.74, 6) is 1.56. The highest BCUT2D eigenvalue weighted by Crippen LogP contribution is 2.30. The molecule has 0 heterocycles. The molecule has 100 valence electrons. The third-order valence-corrected chi connectivity index (χ3v) is 3.99. The van der Waals surface area contributed by atoms with Crippen molar-refractivity contribution in [1.29, 1.82) is 0 Å². The summed E-state index contributed by atoms with van der Waals surface area (Å²) in [7, 11) is 0. The van der Waals surface area contributed by atoms with Crippen LogP contribution in [0.25, 0.3) is 0 Å². The zero-order valence-corrected chi connectivity index (χ0v) is 11.6. The lowest BCUT2D eigenvalue weighted by Crippen LogP contribution is -2.04. The molecule has 0 radical (unpaired) electrons. The van der Waals surface area contributed by atoms with Gasteiger partial charge in [0.05, 0.1) is 17.7 Å². The number of aliphatic hydroxyl groups is 1. The molecule has 1 aromatic rings. The summed E-state index contributed by atoms with van der Waals surface area (Å²) in [5.41, 5.74) is 0.822. The number of hydrogen-bond acceptors (Lipinski definition) is 2. The van der Waals surface area contributed by atoms with Gasteiger partial charge in [0.15, 0.2) is 0 Å². The molecule has 18 heavy (non-hydrogen) atoms. The number of hydrogen-bond donors (Lipinski definition) is 1. The van der Waals surface area contributed by atoms with Crippen molar-refractivity contribution < 1.29 is 9.84 Å². The molecule has 1 atom stereocenters. The minimum atomic E-state index is -0.491. The van der Waals surface area contributed by atoms with Crippen LogP contribution in [-0.4, -0.2) is 11.7 Å². The third kappa shape index (κ3) is 3.63. The predicted octanol–water partition coefficient (Wildman–Crippen LogP) is 4.35.